The van der Waals surface area contributed by atoms with Crippen molar-refractivity contribution in [3.63, 3.8) is 0 Å². The van der Waals surface area contributed by atoms with Gasteiger partial charge in [0.05, 0.1) is 24.8 Å². The summed E-state index contributed by atoms with van der Waals surface area (Å²) in [7, 11) is 5.84. The van der Waals surface area contributed by atoms with Crippen molar-refractivity contribution in [1.29, 1.82) is 0 Å². The van der Waals surface area contributed by atoms with Crippen molar-refractivity contribution in [3.05, 3.63) is 46.5 Å². The maximum atomic E-state index is 14.0. The summed E-state index contributed by atoms with van der Waals surface area (Å²) in [5.74, 6) is -1.71. The minimum Gasteiger partial charge on any atom is -0.495 e. The summed E-state index contributed by atoms with van der Waals surface area (Å²) < 4.78 is 22.5. The largest absolute Gasteiger partial charge is 0.495 e. The summed E-state index contributed by atoms with van der Waals surface area (Å²) in [5.41, 5.74) is -1.72. The van der Waals surface area contributed by atoms with Gasteiger partial charge in [-0.2, -0.15) is 12.6 Å². The van der Waals surface area contributed by atoms with Gasteiger partial charge in [0.1, 0.15) is 35.1 Å². The number of ether oxygens (including phenoxy) is 4. The normalized spacial score (nSPS) is 30.2. The van der Waals surface area contributed by atoms with Crippen molar-refractivity contribution in [3.8, 4) is 5.75 Å². The number of carbonyl (C=O) groups is 4. The number of methoxy groups -OCH3 is 2. The molecule has 0 saturated carbocycles. The van der Waals surface area contributed by atoms with E-state index in [4.69, 9.17) is 30.5 Å². The molecule has 0 radical (unpaired) electrons. The third-order valence-corrected chi connectivity index (χ3v) is 9.93. The van der Waals surface area contributed by atoms with Crippen LogP contribution >= 0.6 is 24.2 Å². The van der Waals surface area contributed by atoms with Crippen molar-refractivity contribution >= 4 is 53.8 Å². The van der Waals surface area contributed by atoms with Crippen molar-refractivity contribution in [2.75, 3.05) is 39.0 Å². The maximum Gasteiger partial charge on any atom is 0.409 e. The molecule has 3 amide bonds. The van der Waals surface area contributed by atoms with Gasteiger partial charge in [-0.1, -0.05) is 42.3 Å². The van der Waals surface area contributed by atoms with Gasteiger partial charge in [-0.05, 0) is 63.0 Å². The molecule has 15 heteroatoms. The number of thiol groups is 1. The molecule has 13 nitrogen and oxygen atoms in total. The Morgan fingerprint density at radius 3 is 2.54 bits per heavy atom. The molecule has 2 aliphatic rings. The van der Waals surface area contributed by atoms with E-state index >= 15 is 0 Å². The van der Waals surface area contributed by atoms with Crippen LogP contribution in [0, 0.1) is 5.92 Å². The van der Waals surface area contributed by atoms with E-state index in [0.29, 0.717) is 17.9 Å². The highest BCUT2D eigenvalue weighted by Gasteiger charge is 2.48. The lowest BCUT2D eigenvalue weighted by molar-refractivity contribution is -0.176. The van der Waals surface area contributed by atoms with Gasteiger partial charge in [0.25, 0.3) is 0 Å². The summed E-state index contributed by atoms with van der Waals surface area (Å²) in [6.45, 7) is 6.51. The third-order valence-electron chi connectivity index (χ3n) is 9.32. The minimum absolute atomic E-state index is 0.0960. The number of benzene rings is 1. The Balaban J connectivity index is 2.13. The Bertz CT molecular complexity index is 1490. The lowest BCUT2D eigenvalue weighted by Crippen LogP contribution is -2.63. The van der Waals surface area contributed by atoms with Crippen LogP contribution in [0.15, 0.2) is 35.9 Å². The fourth-order valence-corrected chi connectivity index (χ4v) is 6.64. The molecule has 2 aliphatic heterocycles. The molecular formula is C35H50ClN3O10S. The number of esters is 1. The van der Waals surface area contributed by atoms with E-state index in [-0.39, 0.29) is 35.9 Å². The highest BCUT2D eigenvalue weighted by Crippen LogP contribution is 2.38. The number of hydrogen-bond donors (Lipinski definition) is 4. The van der Waals surface area contributed by atoms with Gasteiger partial charge < -0.3 is 39.0 Å². The average molecular weight is 740 g/mol. The van der Waals surface area contributed by atoms with Crippen LogP contribution in [0.4, 0.5) is 10.5 Å². The lowest BCUT2D eigenvalue weighted by atomic mass is 9.81. The maximum absolute atomic E-state index is 14.0. The van der Waals surface area contributed by atoms with Gasteiger partial charge in [-0.3, -0.25) is 14.9 Å². The number of nitrogens with zero attached hydrogens (tertiary/aromatic N) is 2. The Labute approximate surface area is 304 Å². The molecule has 0 aromatic heterocycles. The fourth-order valence-electron chi connectivity index (χ4n) is 6.13. The molecule has 1 fully saturated rings. The summed E-state index contributed by atoms with van der Waals surface area (Å²) in [6, 6.07) is 2.46. The molecule has 4 bridgehead atoms. The number of nitrogens with one attached hydrogen (secondary N) is 1. The van der Waals surface area contributed by atoms with Crippen LogP contribution in [0.1, 0.15) is 58.9 Å². The van der Waals surface area contributed by atoms with E-state index in [0.717, 1.165) is 11.1 Å². The van der Waals surface area contributed by atoms with E-state index in [9.17, 15) is 29.4 Å². The Hall–Kier alpha value is -3.30. The Morgan fingerprint density at radius 2 is 1.92 bits per heavy atom. The van der Waals surface area contributed by atoms with Crippen molar-refractivity contribution < 1.29 is 48.3 Å². The first-order valence-electron chi connectivity index (χ1n) is 16.4. The highest BCUT2D eigenvalue weighted by atomic mass is 35.5. The molecule has 1 aromatic rings. The van der Waals surface area contributed by atoms with E-state index < -0.39 is 66.0 Å². The average Bonchev–Trinajstić information content (AvgIpc) is 3.04. The van der Waals surface area contributed by atoms with E-state index in [1.165, 1.54) is 52.0 Å². The third kappa shape index (κ3) is 9.93. The molecule has 0 unspecified atom stereocenters. The number of hydrogen-bond acceptors (Lipinski definition) is 11. The number of fused-ring (bicyclic) bond motifs is 4. The molecule has 2 heterocycles. The first-order chi connectivity index (χ1) is 23.4. The summed E-state index contributed by atoms with van der Waals surface area (Å²) in [4.78, 5) is 55.2. The number of amides is 3. The predicted octanol–water partition coefficient (Wildman–Crippen LogP) is 3.82. The molecule has 3 rings (SSSR count). The molecule has 3 N–H and O–H groups in total. The number of anilines is 1. The topological polar surface area (TPSA) is 164 Å². The second-order valence-electron chi connectivity index (χ2n) is 13.3. The van der Waals surface area contributed by atoms with Gasteiger partial charge >= 0.3 is 12.1 Å². The predicted molar refractivity (Wildman–Crippen MR) is 191 cm³/mol. The smallest absolute Gasteiger partial charge is 0.409 e. The zero-order valence-corrected chi connectivity index (χ0v) is 31.5. The first kappa shape index (κ1) is 41.1. The van der Waals surface area contributed by atoms with E-state index in [1.807, 2.05) is 13.0 Å². The fraction of sp³-hybridized carbons (Fsp3) is 0.600. The number of carbonyl (C=O) groups excluding carboxylic acids is 4. The van der Waals surface area contributed by atoms with Gasteiger partial charge in [0.15, 0.2) is 5.72 Å². The SMILES string of the molecule is COc1cc2cc(c1Cl)N(C)C(=O)C[C@H](OC(=O)[C@@H](C)N(C)C(=O)CCS)[C@](C)(O)C[C@H](C)[C@@H]1C[C@@](O)(NC(=O)O1)[C@H](OC)/C=C/C=C(\C)C2. The molecule has 7 atom stereocenters. The Kier molecular flexibility index (Phi) is 14.2. The van der Waals surface area contributed by atoms with Crippen molar-refractivity contribution in [1.82, 2.24) is 10.2 Å². The van der Waals surface area contributed by atoms with Crippen molar-refractivity contribution in [2.45, 2.75) is 95.5 Å². The molecule has 50 heavy (non-hydrogen) atoms. The Morgan fingerprint density at radius 1 is 1.24 bits per heavy atom. The molecular weight excluding hydrogens is 690 g/mol. The number of halogens is 1. The van der Waals surface area contributed by atoms with Gasteiger partial charge in [-0.15, -0.1) is 0 Å². The number of rotatable bonds is 7. The summed E-state index contributed by atoms with van der Waals surface area (Å²) >= 11 is 10.8. The van der Waals surface area contributed by atoms with Crippen molar-refractivity contribution in [2.24, 2.45) is 5.92 Å². The number of likely N-dealkylation sites (N-methyl/N-ethyl adjacent to an activating group) is 1. The van der Waals surface area contributed by atoms with E-state index in [1.54, 1.807) is 31.2 Å². The van der Waals surface area contributed by atoms with Gasteiger partial charge in [-0.25, -0.2) is 9.59 Å². The van der Waals surface area contributed by atoms with Gasteiger partial charge in [0, 0.05) is 34.0 Å². The van der Waals surface area contributed by atoms with Crippen LogP contribution in [-0.4, -0.2) is 109 Å². The standard InChI is InChI=1S/C35H50ClN3O10S/c1-20-10-9-11-27(47-8)35(45)19-26(48-33(43)37-35)21(2)18-34(4,44)28(49-32(42)22(3)38(5)29(40)12-13-50)17-30(41)39(6)24-15-23(14-20)16-25(46-7)31(24)36/h9-11,15-16,21-22,26-28,44-45,50H,12-14,17-19H2,1-8H3,(H,37,43)/b11-9+,20-10+/t21-,22+,26-,27+,28-,34+,35-/m0/s1. The first-order valence-corrected chi connectivity index (χ1v) is 17.4. The molecule has 278 valence electrons. The van der Waals surface area contributed by atoms with Crippen LogP contribution < -0.4 is 15.0 Å². The highest BCUT2D eigenvalue weighted by molar-refractivity contribution is 7.80. The van der Waals surface area contributed by atoms with Crippen LogP contribution in [0.3, 0.4) is 0 Å². The second kappa shape index (κ2) is 17.3. The molecule has 0 spiro atoms. The lowest BCUT2D eigenvalue weighted by Gasteiger charge is -2.43. The summed E-state index contributed by atoms with van der Waals surface area (Å²) in [6.07, 6.45) is 0.817. The van der Waals surface area contributed by atoms with Gasteiger partial charge in [0.2, 0.25) is 11.8 Å². The van der Waals surface area contributed by atoms with E-state index in [2.05, 4.69) is 17.9 Å². The molecule has 1 aromatic carbocycles. The van der Waals surface area contributed by atoms with Crippen LogP contribution in [0.25, 0.3) is 0 Å². The monoisotopic (exact) mass is 739 g/mol. The number of alkyl carbamates (subject to hydrolysis) is 1. The quantitative estimate of drug-likeness (QED) is 0.239. The second-order valence-corrected chi connectivity index (χ2v) is 14.2. The van der Waals surface area contributed by atoms with Crippen LogP contribution in [0.5, 0.6) is 5.75 Å². The number of aliphatic hydroxyl groups is 2. The molecule has 0 aliphatic carbocycles. The van der Waals surface area contributed by atoms with Crippen LogP contribution in [-0.2, 0) is 35.0 Å². The zero-order valence-electron chi connectivity index (χ0n) is 29.9. The minimum atomic E-state index is -1.87. The zero-order chi connectivity index (χ0) is 37.6. The molecule has 1 saturated heterocycles. The summed E-state index contributed by atoms with van der Waals surface area (Å²) in [5, 5.41) is 26.3. The van der Waals surface area contributed by atoms with Crippen LogP contribution in [0.2, 0.25) is 5.02 Å². The number of allylic oxidation sites excluding steroid dienone is 3.